The zero-order valence-electron chi connectivity index (χ0n) is 20.1. The molecule has 2 unspecified atom stereocenters. The number of unbranched alkanes of at least 4 members (excludes halogenated alkanes) is 1. The highest BCUT2D eigenvalue weighted by Crippen LogP contribution is 2.23. The van der Waals surface area contributed by atoms with Crippen LogP contribution in [0.25, 0.3) is 10.8 Å². The second kappa shape index (κ2) is 11.2. The molecule has 33 heavy (non-hydrogen) atoms. The van der Waals surface area contributed by atoms with Crippen LogP contribution in [0, 0.1) is 5.92 Å². The topological polar surface area (TPSA) is 81.8 Å². The maximum absolute atomic E-state index is 13.3. The first-order valence-corrected chi connectivity index (χ1v) is 11.9. The van der Waals surface area contributed by atoms with Crippen molar-refractivity contribution in [2.45, 2.75) is 59.0 Å². The maximum atomic E-state index is 13.3. The SMILES string of the molecule is CCCCC(=O)N1CCN(C(=O)C(NC(=O)Nc2cccc3ccccc23)C(C)C)CC1C. The monoisotopic (exact) mass is 452 g/mol. The molecule has 1 aliphatic rings. The molecule has 4 amide bonds. The Bertz CT molecular complexity index is 985. The van der Waals surface area contributed by atoms with Crippen molar-refractivity contribution in [1.82, 2.24) is 15.1 Å². The van der Waals surface area contributed by atoms with Gasteiger partial charge in [0.25, 0.3) is 0 Å². The molecule has 2 aromatic carbocycles. The van der Waals surface area contributed by atoms with Crippen molar-refractivity contribution in [2.75, 3.05) is 25.0 Å². The predicted molar refractivity (Wildman–Crippen MR) is 132 cm³/mol. The summed E-state index contributed by atoms with van der Waals surface area (Å²) < 4.78 is 0. The molecule has 178 valence electrons. The number of nitrogens with one attached hydrogen (secondary N) is 2. The molecule has 0 radical (unpaired) electrons. The summed E-state index contributed by atoms with van der Waals surface area (Å²) in [5, 5.41) is 7.77. The van der Waals surface area contributed by atoms with E-state index in [4.69, 9.17) is 0 Å². The van der Waals surface area contributed by atoms with Gasteiger partial charge in [-0.15, -0.1) is 0 Å². The number of carbonyl (C=O) groups excluding carboxylic acids is 3. The molecule has 2 aromatic rings. The van der Waals surface area contributed by atoms with Crippen molar-refractivity contribution in [3.63, 3.8) is 0 Å². The summed E-state index contributed by atoms with van der Waals surface area (Å²) in [5.74, 6) is -0.0229. The van der Waals surface area contributed by atoms with Crippen LogP contribution in [0.3, 0.4) is 0 Å². The fraction of sp³-hybridized carbons (Fsp3) is 0.500. The van der Waals surface area contributed by atoms with E-state index in [1.54, 1.807) is 4.90 Å². The summed E-state index contributed by atoms with van der Waals surface area (Å²) in [5.41, 5.74) is 0.702. The number of hydrogen-bond acceptors (Lipinski definition) is 3. The van der Waals surface area contributed by atoms with E-state index < -0.39 is 12.1 Å². The van der Waals surface area contributed by atoms with Gasteiger partial charge in [0, 0.05) is 37.5 Å². The van der Waals surface area contributed by atoms with Gasteiger partial charge in [0.15, 0.2) is 0 Å². The van der Waals surface area contributed by atoms with Crippen LogP contribution >= 0.6 is 0 Å². The smallest absolute Gasteiger partial charge is 0.319 e. The Morgan fingerprint density at radius 3 is 2.48 bits per heavy atom. The minimum absolute atomic E-state index is 0.0376. The first-order valence-electron chi connectivity index (χ1n) is 11.9. The lowest BCUT2D eigenvalue weighted by molar-refractivity contribution is -0.144. The third-order valence-electron chi connectivity index (χ3n) is 6.26. The van der Waals surface area contributed by atoms with Crippen LogP contribution in [0.15, 0.2) is 42.5 Å². The van der Waals surface area contributed by atoms with Gasteiger partial charge in [-0.05, 0) is 30.7 Å². The largest absolute Gasteiger partial charge is 0.337 e. The van der Waals surface area contributed by atoms with Crippen LogP contribution in [-0.2, 0) is 9.59 Å². The second-order valence-electron chi connectivity index (χ2n) is 9.17. The maximum Gasteiger partial charge on any atom is 0.319 e. The number of amides is 4. The number of carbonyl (C=O) groups is 3. The van der Waals surface area contributed by atoms with Gasteiger partial charge >= 0.3 is 6.03 Å². The first-order chi connectivity index (χ1) is 15.8. The van der Waals surface area contributed by atoms with E-state index in [0.29, 0.717) is 31.7 Å². The van der Waals surface area contributed by atoms with Gasteiger partial charge in [-0.2, -0.15) is 0 Å². The van der Waals surface area contributed by atoms with E-state index in [2.05, 4.69) is 17.6 Å². The van der Waals surface area contributed by atoms with Crippen LogP contribution < -0.4 is 10.6 Å². The van der Waals surface area contributed by atoms with E-state index in [1.165, 1.54) is 0 Å². The van der Waals surface area contributed by atoms with Gasteiger partial charge in [0.2, 0.25) is 11.8 Å². The molecule has 1 fully saturated rings. The Morgan fingerprint density at radius 2 is 1.79 bits per heavy atom. The summed E-state index contributed by atoms with van der Waals surface area (Å²) in [7, 11) is 0. The molecule has 1 heterocycles. The number of fused-ring (bicyclic) bond motifs is 1. The highest BCUT2D eigenvalue weighted by Gasteiger charge is 2.34. The van der Waals surface area contributed by atoms with Gasteiger partial charge in [-0.1, -0.05) is 63.6 Å². The molecule has 0 spiro atoms. The molecule has 7 nitrogen and oxygen atoms in total. The van der Waals surface area contributed by atoms with Crippen LogP contribution in [-0.4, -0.2) is 59.4 Å². The van der Waals surface area contributed by atoms with E-state index in [9.17, 15) is 14.4 Å². The molecule has 0 saturated carbocycles. The van der Waals surface area contributed by atoms with E-state index in [-0.39, 0.29) is 23.8 Å². The average Bonchev–Trinajstić information content (AvgIpc) is 2.80. The molecule has 0 bridgehead atoms. The van der Waals surface area contributed by atoms with Crippen LogP contribution in [0.4, 0.5) is 10.5 Å². The summed E-state index contributed by atoms with van der Waals surface area (Å²) in [6, 6.07) is 12.5. The minimum Gasteiger partial charge on any atom is -0.337 e. The van der Waals surface area contributed by atoms with Gasteiger partial charge in [-0.25, -0.2) is 4.79 Å². The zero-order chi connectivity index (χ0) is 24.0. The summed E-state index contributed by atoms with van der Waals surface area (Å²) >= 11 is 0. The molecule has 2 N–H and O–H groups in total. The van der Waals surface area contributed by atoms with Gasteiger partial charge in [0.05, 0.1) is 5.69 Å². The molecule has 1 saturated heterocycles. The van der Waals surface area contributed by atoms with Crippen molar-refractivity contribution in [2.24, 2.45) is 5.92 Å². The fourth-order valence-corrected chi connectivity index (χ4v) is 4.34. The molecular weight excluding hydrogens is 416 g/mol. The molecule has 7 heteroatoms. The molecule has 3 rings (SSSR count). The standard InChI is InChI=1S/C26H36N4O3/c1-5-6-14-23(31)30-16-15-29(17-19(30)4)25(32)24(18(2)3)28-26(33)27-22-13-9-11-20-10-7-8-12-21(20)22/h7-13,18-19,24H,5-6,14-17H2,1-4H3,(H2,27,28,33). The van der Waals surface area contributed by atoms with Gasteiger partial charge in [-0.3, -0.25) is 9.59 Å². The summed E-state index contributed by atoms with van der Waals surface area (Å²) in [6.07, 6.45) is 2.43. The van der Waals surface area contributed by atoms with E-state index in [0.717, 1.165) is 23.6 Å². The fourth-order valence-electron chi connectivity index (χ4n) is 4.34. The van der Waals surface area contributed by atoms with Crippen molar-refractivity contribution in [1.29, 1.82) is 0 Å². The number of anilines is 1. The average molecular weight is 453 g/mol. The number of hydrogen-bond donors (Lipinski definition) is 2. The Hall–Kier alpha value is -3.09. The number of benzene rings is 2. The highest BCUT2D eigenvalue weighted by atomic mass is 16.2. The van der Waals surface area contributed by atoms with Crippen molar-refractivity contribution >= 4 is 34.3 Å². The van der Waals surface area contributed by atoms with Crippen LogP contribution in [0.5, 0.6) is 0 Å². The van der Waals surface area contributed by atoms with Crippen LogP contribution in [0.1, 0.15) is 47.0 Å². The summed E-state index contributed by atoms with van der Waals surface area (Å²) in [4.78, 5) is 42.2. The normalized spacial score (nSPS) is 17.2. The second-order valence-corrected chi connectivity index (χ2v) is 9.17. The third-order valence-corrected chi connectivity index (χ3v) is 6.26. The first kappa shape index (κ1) is 24.6. The molecular formula is C26H36N4O3. The number of rotatable bonds is 7. The Kier molecular flexibility index (Phi) is 8.31. The van der Waals surface area contributed by atoms with Crippen LogP contribution in [0.2, 0.25) is 0 Å². The third kappa shape index (κ3) is 6.03. The van der Waals surface area contributed by atoms with Gasteiger partial charge in [0.1, 0.15) is 6.04 Å². The van der Waals surface area contributed by atoms with Crippen molar-refractivity contribution in [3.8, 4) is 0 Å². The zero-order valence-corrected chi connectivity index (χ0v) is 20.1. The quantitative estimate of drug-likeness (QED) is 0.659. The predicted octanol–water partition coefficient (Wildman–Crippen LogP) is 4.24. The lowest BCUT2D eigenvalue weighted by Gasteiger charge is -2.41. The summed E-state index contributed by atoms with van der Waals surface area (Å²) in [6.45, 7) is 9.40. The Labute approximate surface area is 196 Å². The minimum atomic E-state index is -0.644. The highest BCUT2D eigenvalue weighted by molar-refractivity contribution is 6.02. The number of piperazine rings is 1. The Balaban J connectivity index is 1.63. The van der Waals surface area contributed by atoms with Gasteiger partial charge < -0.3 is 20.4 Å². The van der Waals surface area contributed by atoms with E-state index >= 15 is 0 Å². The van der Waals surface area contributed by atoms with Crippen molar-refractivity contribution in [3.05, 3.63) is 42.5 Å². The molecule has 0 aliphatic carbocycles. The molecule has 2 atom stereocenters. The van der Waals surface area contributed by atoms with Crippen molar-refractivity contribution < 1.29 is 14.4 Å². The number of nitrogens with zero attached hydrogens (tertiary/aromatic N) is 2. The molecule has 0 aromatic heterocycles. The van der Waals surface area contributed by atoms with E-state index in [1.807, 2.05) is 68.1 Å². The number of urea groups is 1. The molecule has 1 aliphatic heterocycles. The lowest BCUT2D eigenvalue weighted by atomic mass is 10.0. The lowest BCUT2D eigenvalue weighted by Crippen LogP contribution is -2.60. The Morgan fingerprint density at radius 1 is 1.06 bits per heavy atom.